The van der Waals surface area contributed by atoms with E-state index in [-0.39, 0.29) is 22.7 Å². The van der Waals surface area contributed by atoms with Gasteiger partial charge in [0, 0.05) is 6.07 Å². The molecule has 0 saturated carbocycles. The topological polar surface area (TPSA) is 108 Å². The quantitative estimate of drug-likeness (QED) is 0.490. The first-order chi connectivity index (χ1) is 12.4. The Labute approximate surface area is 149 Å². The highest BCUT2D eigenvalue weighted by molar-refractivity contribution is 5.53. The largest absolute Gasteiger partial charge is 0.506 e. The van der Waals surface area contributed by atoms with Crippen molar-refractivity contribution in [1.29, 1.82) is 0 Å². The third kappa shape index (κ3) is 3.12. The Hall–Kier alpha value is -3.32. The zero-order chi connectivity index (χ0) is 18.7. The summed E-state index contributed by atoms with van der Waals surface area (Å²) in [5, 5.41) is 40.4. The Bertz CT molecular complexity index is 936. The fourth-order valence-electron chi connectivity index (χ4n) is 2.91. The van der Waals surface area contributed by atoms with E-state index in [9.17, 15) is 20.3 Å². The molecule has 2 aromatic carbocycles. The predicted octanol–water partition coefficient (Wildman–Crippen LogP) is 4.16. The molecule has 0 bridgehead atoms. The van der Waals surface area contributed by atoms with E-state index in [1.807, 2.05) is 0 Å². The molecule has 0 fully saturated rings. The van der Waals surface area contributed by atoms with E-state index in [2.05, 4.69) is 10.2 Å². The van der Waals surface area contributed by atoms with Crippen molar-refractivity contribution in [2.75, 3.05) is 0 Å². The van der Waals surface area contributed by atoms with Crippen molar-refractivity contribution in [2.24, 2.45) is 10.2 Å². The third-order valence-corrected chi connectivity index (χ3v) is 4.18. The van der Waals surface area contributed by atoms with Gasteiger partial charge in [-0.3, -0.25) is 10.1 Å². The number of hydrogen-bond donors (Lipinski definition) is 2. The number of allylic oxidation sites excluding steroid dienone is 2. The van der Waals surface area contributed by atoms with Gasteiger partial charge in [0.25, 0.3) is 5.69 Å². The van der Waals surface area contributed by atoms with Gasteiger partial charge in [-0.15, -0.1) is 0 Å². The first-order valence-corrected chi connectivity index (χ1v) is 7.94. The Morgan fingerprint density at radius 3 is 2.58 bits per heavy atom. The smallest absolute Gasteiger partial charge is 0.275 e. The lowest BCUT2D eigenvalue weighted by molar-refractivity contribution is -0.386. The number of phenolic OH excluding ortho intramolecular Hbond substituents is 1. The fraction of sp³-hybridized carbons (Fsp3) is 0.158. The van der Waals surface area contributed by atoms with Gasteiger partial charge in [-0.1, -0.05) is 42.0 Å². The van der Waals surface area contributed by atoms with Crippen molar-refractivity contribution < 1.29 is 15.1 Å². The lowest BCUT2D eigenvalue weighted by atomic mass is 9.79. The number of aliphatic hydroxyl groups is 1. The highest BCUT2D eigenvalue weighted by atomic mass is 16.6. The van der Waals surface area contributed by atoms with Crippen molar-refractivity contribution in [3.63, 3.8) is 0 Å². The van der Waals surface area contributed by atoms with Crippen LogP contribution in [0.5, 0.6) is 5.75 Å². The number of nitro groups is 1. The minimum atomic E-state index is -1.47. The van der Waals surface area contributed by atoms with E-state index in [0.717, 1.165) is 5.57 Å². The lowest BCUT2D eigenvalue weighted by Gasteiger charge is -2.31. The Kier molecular flexibility index (Phi) is 4.64. The molecule has 3 rings (SSSR count). The van der Waals surface area contributed by atoms with E-state index < -0.39 is 16.6 Å². The summed E-state index contributed by atoms with van der Waals surface area (Å²) in [4.78, 5) is 11.0. The maximum absolute atomic E-state index is 11.5. The number of nitrogens with zero attached hydrogens (tertiary/aromatic N) is 3. The van der Waals surface area contributed by atoms with Gasteiger partial charge in [-0.2, -0.15) is 10.2 Å². The van der Waals surface area contributed by atoms with Crippen LogP contribution in [0.1, 0.15) is 12.5 Å². The number of para-hydroxylation sites is 2. The molecule has 2 atom stereocenters. The first kappa shape index (κ1) is 17.5. The lowest BCUT2D eigenvalue weighted by Crippen LogP contribution is -2.37. The molecule has 2 aromatic rings. The van der Waals surface area contributed by atoms with Gasteiger partial charge in [-0.25, -0.2) is 0 Å². The van der Waals surface area contributed by atoms with Crippen LogP contribution in [0.3, 0.4) is 0 Å². The van der Waals surface area contributed by atoms with Gasteiger partial charge in [0.2, 0.25) is 0 Å². The van der Waals surface area contributed by atoms with Gasteiger partial charge in [0.15, 0.2) is 5.54 Å². The van der Waals surface area contributed by atoms with Crippen LogP contribution < -0.4 is 0 Å². The maximum atomic E-state index is 11.5. The van der Waals surface area contributed by atoms with Crippen LogP contribution in [-0.2, 0) is 5.54 Å². The second kappa shape index (κ2) is 6.89. The highest BCUT2D eigenvalue weighted by Gasteiger charge is 2.43. The number of aromatic hydroxyl groups is 1. The molecule has 7 nitrogen and oxygen atoms in total. The Balaban J connectivity index is 2.21. The van der Waals surface area contributed by atoms with E-state index in [4.69, 9.17) is 0 Å². The number of hydrogen-bond acceptors (Lipinski definition) is 6. The number of rotatable bonds is 4. The van der Waals surface area contributed by atoms with Gasteiger partial charge in [0.1, 0.15) is 17.5 Å². The number of nitro benzene ring substituents is 1. The van der Waals surface area contributed by atoms with Gasteiger partial charge in [-0.05, 0) is 31.2 Å². The number of azo groups is 1. The monoisotopic (exact) mass is 351 g/mol. The molecule has 1 aliphatic carbocycles. The van der Waals surface area contributed by atoms with Crippen LogP contribution in [0.15, 0.2) is 82.6 Å². The molecule has 1 aliphatic rings. The molecule has 0 aliphatic heterocycles. The number of aliphatic hydroxyl groups excluding tert-OH is 1. The summed E-state index contributed by atoms with van der Waals surface area (Å²) < 4.78 is 0. The number of phenols is 1. The molecule has 0 amide bonds. The van der Waals surface area contributed by atoms with Gasteiger partial charge >= 0.3 is 0 Å². The first-order valence-electron chi connectivity index (χ1n) is 7.94. The standard InChI is InChI=1S/C19H17N3O4/c1-13-10-11-18(24)19(12-13,14-6-2-4-8-16(14)22(25)26)21-20-15-7-3-5-9-17(15)23/h2-12,18,23-24H,1H3/t18-,19-/m0/s1. The fourth-order valence-corrected chi connectivity index (χ4v) is 2.91. The molecule has 7 heteroatoms. The molecule has 0 spiro atoms. The summed E-state index contributed by atoms with van der Waals surface area (Å²) in [6.45, 7) is 1.81. The third-order valence-electron chi connectivity index (χ3n) is 4.18. The van der Waals surface area contributed by atoms with Crippen molar-refractivity contribution in [2.45, 2.75) is 18.6 Å². The molecule has 2 N–H and O–H groups in total. The summed E-state index contributed by atoms with van der Waals surface area (Å²) in [5.74, 6) is -0.0736. The predicted molar refractivity (Wildman–Crippen MR) is 96.3 cm³/mol. The molecule has 0 heterocycles. The zero-order valence-electron chi connectivity index (χ0n) is 14.0. The maximum Gasteiger partial charge on any atom is 0.275 e. The van der Waals surface area contributed by atoms with Crippen LogP contribution in [-0.4, -0.2) is 21.2 Å². The Morgan fingerprint density at radius 2 is 1.85 bits per heavy atom. The second-order valence-corrected chi connectivity index (χ2v) is 5.98. The molecule has 132 valence electrons. The summed E-state index contributed by atoms with van der Waals surface area (Å²) in [5.41, 5.74) is -0.421. The van der Waals surface area contributed by atoms with Crippen LogP contribution in [0.25, 0.3) is 0 Å². The van der Waals surface area contributed by atoms with Crippen molar-refractivity contribution in [3.05, 3.63) is 88.0 Å². The van der Waals surface area contributed by atoms with E-state index in [0.29, 0.717) is 0 Å². The molecular formula is C19H17N3O4. The summed E-state index contributed by atoms with van der Waals surface area (Å²) in [7, 11) is 0. The highest BCUT2D eigenvalue weighted by Crippen LogP contribution is 2.42. The summed E-state index contributed by atoms with van der Waals surface area (Å²) in [6, 6.07) is 12.5. The van der Waals surface area contributed by atoms with Crippen LogP contribution >= 0.6 is 0 Å². The number of benzene rings is 2. The van der Waals surface area contributed by atoms with E-state index in [1.54, 1.807) is 55.5 Å². The van der Waals surface area contributed by atoms with Crippen LogP contribution in [0.4, 0.5) is 11.4 Å². The minimum Gasteiger partial charge on any atom is -0.506 e. The summed E-state index contributed by atoms with van der Waals surface area (Å²) in [6.07, 6.45) is 3.73. The molecule has 0 saturated heterocycles. The van der Waals surface area contributed by atoms with E-state index >= 15 is 0 Å². The second-order valence-electron chi connectivity index (χ2n) is 5.98. The Morgan fingerprint density at radius 1 is 1.15 bits per heavy atom. The molecule has 0 radical (unpaired) electrons. The van der Waals surface area contributed by atoms with Crippen LogP contribution in [0, 0.1) is 10.1 Å². The SMILES string of the molecule is CC1=C[C@](N=Nc2ccccc2O)(c2ccccc2[N+](=O)[O-])[C@@H](O)C=C1. The molecular weight excluding hydrogens is 334 g/mol. The average molecular weight is 351 g/mol. The van der Waals surface area contributed by atoms with Crippen molar-refractivity contribution in [1.82, 2.24) is 0 Å². The van der Waals surface area contributed by atoms with Crippen molar-refractivity contribution >= 4 is 11.4 Å². The summed E-state index contributed by atoms with van der Waals surface area (Å²) >= 11 is 0. The minimum absolute atomic E-state index is 0.0736. The van der Waals surface area contributed by atoms with Crippen molar-refractivity contribution in [3.8, 4) is 5.75 Å². The van der Waals surface area contributed by atoms with Gasteiger partial charge in [0.05, 0.1) is 10.5 Å². The zero-order valence-corrected chi connectivity index (χ0v) is 14.0. The molecule has 26 heavy (non-hydrogen) atoms. The average Bonchev–Trinajstić information content (AvgIpc) is 2.63. The van der Waals surface area contributed by atoms with Crippen LogP contribution in [0.2, 0.25) is 0 Å². The normalized spacial score (nSPS) is 22.4. The van der Waals surface area contributed by atoms with E-state index in [1.165, 1.54) is 18.2 Å². The molecule has 0 aromatic heterocycles. The van der Waals surface area contributed by atoms with Gasteiger partial charge < -0.3 is 10.2 Å². The molecule has 0 unspecified atom stereocenters.